The molecule has 24 heavy (non-hydrogen) atoms. The molecule has 7 heteroatoms. The fourth-order valence-corrected chi connectivity index (χ4v) is 3.21. The molecule has 0 aromatic heterocycles. The van der Waals surface area contributed by atoms with Gasteiger partial charge in [0.15, 0.2) is 17.9 Å². The SMILES string of the molecule is CC(C)(C)OCOC[C@H]1O[C@@H]2OC(C)(C)O[C@@H]2[C@H]2OC(C)(C)O[C@H]21. The lowest BCUT2D eigenvalue weighted by Gasteiger charge is -2.37. The molecule has 0 aromatic carbocycles. The molecular weight excluding hydrogens is 316 g/mol. The summed E-state index contributed by atoms with van der Waals surface area (Å²) in [6.07, 6.45) is -1.63. The van der Waals surface area contributed by atoms with Crippen LogP contribution in [-0.2, 0) is 33.2 Å². The van der Waals surface area contributed by atoms with Crippen molar-refractivity contribution in [2.45, 2.75) is 96.3 Å². The quantitative estimate of drug-likeness (QED) is 0.571. The van der Waals surface area contributed by atoms with Gasteiger partial charge in [0.2, 0.25) is 0 Å². The van der Waals surface area contributed by atoms with Gasteiger partial charge in [-0.3, -0.25) is 0 Å². The molecule has 3 fully saturated rings. The first-order valence-electron chi connectivity index (χ1n) is 8.54. The Labute approximate surface area is 143 Å². The Balaban J connectivity index is 1.64. The summed E-state index contributed by atoms with van der Waals surface area (Å²) in [4.78, 5) is 0. The van der Waals surface area contributed by atoms with Crippen LogP contribution in [0.2, 0.25) is 0 Å². The highest BCUT2D eigenvalue weighted by Crippen LogP contribution is 2.44. The van der Waals surface area contributed by atoms with Gasteiger partial charge in [0.05, 0.1) is 12.2 Å². The van der Waals surface area contributed by atoms with Crippen LogP contribution in [0.15, 0.2) is 0 Å². The lowest BCUT2D eigenvalue weighted by molar-refractivity contribution is -0.250. The zero-order chi connectivity index (χ0) is 17.8. The summed E-state index contributed by atoms with van der Waals surface area (Å²) in [7, 11) is 0. The van der Waals surface area contributed by atoms with Crippen molar-refractivity contribution >= 4 is 0 Å². The highest BCUT2D eigenvalue weighted by Gasteiger charge is 2.60. The van der Waals surface area contributed by atoms with Gasteiger partial charge in [0, 0.05) is 0 Å². The van der Waals surface area contributed by atoms with Crippen LogP contribution in [-0.4, -0.2) is 61.3 Å². The first-order valence-corrected chi connectivity index (χ1v) is 8.54. The minimum Gasteiger partial charge on any atom is -0.353 e. The van der Waals surface area contributed by atoms with Gasteiger partial charge in [0.1, 0.15) is 31.2 Å². The molecule has 3 aliphatic heterocycles. The molecule has 3 saturated heterocycles. The maximum atomic E-state index is 6.06. The third kappa shape index (κ3) is 4.09. The van der Waals surface area contributed by atoms with Crippen molar-refractivity contribution in [3.8, 4) is 0 Å². The van der Waals surface area contributed by atoms with E-state index in [0.29, 0.717) is 6.61 Å². The Hall–Kier alpha value is -0.280. The van der Waals surface area contributed by atoms with Crippen LogP contribution in [0.5, 0.6) is 0 Å². The fraction of sp³-hybridized carbons (Fsp3) is 1.00. The smallest absolute Gasteiger partial charge is 0.190 e. The maximum Gasteiger partial charge on any atom is 0.190 e. The fourth-order valence-electron chi connectivity index (χ4n) is 3.21. The van der Waals surface area contributed by atoms with E-state index in [9.17, 15) is 0 Å². The van der Waals surface area contributed by atoms with Crippen LogP contribution in [0.3, 0.4) is 0 Å². The molecule has 0 amide bonds. The van der Waals surface area contributed by atoms with Crippen molar-refractivity contribution in [1.82, 2.24) is 0 Å². The highest BCUT2D eigenvalue weighted by molar-refractivity contribution is 4.99. The number of fused-ring (bicyclic) bond motifs is 3. The first-order chi connectivity index (χ1) is 11.0. The lowest BCUT2D eigenvalue weighted by atomic mass is 9.99. The molecule has 7 nitrogen and oxygen atoms in total. The number of hydrogen-bond acceptors (Lipinski definition) is 7. The minimum absolute atomic E-state index is 0.196. The van der Waals surface area contributed by atoms with Crippen LogP contribution in [0.4, 0.5) is 0 Å². The predicted octanol–water partition coefficient (Wildman–Crippen LogP) is 2.17. The summed E-state index contributed by atoms with van der Waals surface area (Å²) in [6.45, 7) is 14.0. The number of hydrogen-bond donors (Lipinski definition) is 0. The van der Waals surface area contributed by atoms with E-state index in [1.54, 1.807) is 0 Å². The minimum atomic E-state index is -0.707. The summed E-state index contributed by atoms with van der Waals surface area (Å²) in [6, 6.07) is 0. The van der Waals surface area contributed by atoms with E-state index in [1.165, 1.54) is 0 Å². The van der Waals surface area contributed by atoms with Gasteiger partial charge in [-0.2, -0.15) is 0 Å². The third-order valence-electron chi connectivity index (χ3n) is 4.11. The van der Waals surface area contributed by atoms with E-state index >= 15 is 0 Å². The molecule has 0 N–H and O–H groups in total. The molecule has 5 atom stereocenters. The van der Waals surface area contributed by atoms with E-state index < -0.39 is 17.9 Å². The van der Waals surface area contributed by atoms with Gasteiger partial charge in [-0.05, 0) is 48.5 Å². The van der Waals surface area contributed by atoms with Crippen molar-refractivity contribution < 1.29 is 33.2 Å². The average molecular weight is 346 g/mol. The summed E-state index contributed by atoms with van der Waals surface area (Å²) >= 11 is 0. The number of ether oxygens (including phenoxy) is 7. The van der Waals surface area contributed by atoms with E-state index in [1.807, 2.05) is 48.5 Å². The Kier molecular flexibility index (Phi) is 4.75. The van der Waals surface area contributed by atoms with Crippen LogP contribution < -0.4 is 0 Å². The standard InChI is InChI=1S/C17H30O7/c1-15(2,3)19-9-18-8-10-11-12(22-16(4,5)21-11)13-14(20-10)24-17(6,7)23-13/h10-14H,8-9H2,1-7H3/t10-,11+,12+,13-,14-/m1/s1. The van der Waals surface area contributed by atoms with Crippen molar-refractivity contribution in [2.24, 2.45) is 0 Å². The second-order valence-corrected chi connectivity index (χ2v) is 8.45. The monoisotopic (exact) mass is 346 g/mol. The first kappa shape index (κ1) is 18.5. The zero-order valence-electron chi connectivity index (χ0n) is 15.7. The number of rotatable bonds is 4. The molecule has 0 saturated carbocycles. The average Bonchev–Trinajstić information content (AvgIpc) is 2.88. The Bertz CT molecular complexity index is 456. The largest absolute Gasteiger partial charge is 0.353 e. The summed E-state index contributed by atoms with van der Waals surface area (Å²) in [5.74, 6) is -1.40. The van der Waals surface area contributed by atoms with Gasteiger partial charge in [-0.1, -0.05) is 0 Å². The van der Waals surface area contributed by atoms with Gasteiger partial charge >= 0.3 is 0 Å². The summed E-state index contributed by atoms with van der Waals surface area (Å²) < 4.78 is 41.2. The summed E-state index contributed by atoms with van der Waals surface area (Å²) in [5, 5.41) is 0. The van der Waals surface area contributed by atoms with Crippen molar-refractivity contribution in [2.75, 3.05) is 13.4 Å². The highest BCUT2D eigenvalue weighted by atomic mass is 16.9. The molecule has 3 rings (SSSR count). The van der Waals surface area contributed by atoms with Gasteiger partial charge < -0.3 is 33.2 Å². The Morgan fingerprint density at radius 2 is 1.42 bits per heavy atom. The topological polar surface area (TPSA) is 64.6 Å². The molecule has 0 unspecified atom stereocenters. The Morgan fingerprint density at radius 3 is 2.08 bits per heavy atom. The zero-order valence-corrected chi connectivity index (χ0v) is 15.7. The summed E-state index contributed by atoms with van der Waals surface area (Å²) in [5.41, 5.74) is -0.248. The molecule has 3 aliphatic rings. The third-order valence-corrected chi connectivity index (χ3v) is 4.11. The predicted molar refractivity (Wildman–Crippen MR) is 84.2 cm³/mol. The molecule has 0 bridgehead atoms. The lowest BCUT2D eigenvalue weighted by Crippen LogP contribution is -2.56. The van der Waals surface area contributed by atoms with Crippen molar-refractivity contribution in [3.63, 3.8) is 0 Å². The van der Waals surface area contributed by atoms with E-state index in [-0.39, 0.29) is 36.8 Å². The maximum absolute atomic E-state index is 6.06. The van der Waals surface area contributed by atoms with Crippen LogP contribution in [0.25, 0.3) is 0 Å². The van der Waals surface area contributed by atoms with Gasteiger partial charge in [-0.15, -0.1) is 0 Å². The van der Waals surface area contributed by atoms with Crippen molar-refractivity contribution in [1.29, 1.82) is 0 Å². The van der Waals surface area contributed by atoms with Gasteiger partial charge in [-0.25, -0.2) is 0 Å². The van der Waals surface area contributed by atoms with E-state index in [0.717, 1.165) is 0 Å². The molecule has 0 radical (unpaired) electrons. The molecule has 3 heterocycles. The van der Waals surface area contributed by atoms with Crippen molar-refractivity contribution in [3.05, 3.63) is 0 Å². The molecule has 0 aromatic rings. The second kappa shape index (κ2) is 6.16. The van der Waals surface area contributed by atoms with Crippen LogP contribution in [0.1, 0.15) is 48.5 Å². The normalized spacial score (nSPS) is 40.4. The van der Waals surface area contributed by atoms with Crippen LogP contribution in [0, 0.1) is 0 Å². The second-order valence-electron chi connectivity index (χ2n) is 8.45. The van der Waals surface area contributed by atoms with Crippen LogP contribution >= 0.6 is 0 Å². The molecule has 0 aliphatic carbocycles. The Morgan fingerprint density at radius 1 is 0.833 bits per heavy atom. The van der Waals surface area contributed by atoms with Gasteiger partial charge in [0.25, 0.3) is 0 Å². The van der Waals surface area contributed by atoms with E-state index in [2.05, 4.69) is 0 Å². The molecule has 0 spiro atoms. The molecule has 140 valence electrons. The van der Waals surface area contributed by atoms with E-state index in [4.69, 9.17) is 33.2 Å². The molecular formula is C17H30O7.